The Labute approximate surface area is 184 Å². The summed E-state index contributed by atoms with van der Waals surface area (Å²) in [5.41, 5.74) is 0.528. The predicted octanol–water partition coefficient (Wildman–Crippen LogP) is 2.52. The molecule has 1 aliphatic rings. The lowest BCUT2D eigenvalue weighted by atomic mass is 10.0. The zero-order valence-electron chi connectivity index (χ0n) is 18.0. The van der Waals surface area contributed by atoms with Crippen LogP contribution in [-0.2, 0) is 14.3 Å². The molecule has 1 aliphatic heterocycles. The molecule has 3 amide bonds. The number of carbonyl (C=O) groups excluding carboxylic acids is 5. The Bertz CT molecular complexity index is 1090. The third-order valence-electron chi connectivity index (χ3n) is 5.11. The first-order chi connectivity index (χ1) is 15.2. The van der Waals surface area contributed by atoms with Crippen molar-refractivity contribution >= 4 is 35.3 Å². The Morgan fingerprint density at radius 3 is 1.94 bits per heavy atom. The Kier molecular flexibility index (Phi) is 6.38. The van der Waals surface area contributed by atoms with E-state index in [2.05, 4.69) is 10.1 Å². The van der Waals surface area contributed by atoms with Gasteiger partial charge in [-0.15, -0.1) is 0 Å². The number of carbonyl (C=O) groups is 5. The molecule has 0 aliphatic carbocycles. The zero-order chi connectivity index (χ0) is 23.6. The van der Waals surface area contributed by atoms with Gasteiger partial charge in [-0.1, -0.05) is 26.0 Å². The van der Waals surface area contributed by atoms with Crippen molar-refractivity contribution in [3.8, 4) is 0 Å². The second-order valence-electron chi connectivity index (χ2n) is 7.45. The summed E-state index contributed by atoms with van der Waals surface area (Å²) in [7, 11) is 2.38. The molecule has 2 aromatic carbocycles. The van der Waals surface area contributed by atoms with E-state index in [1.807, 2.05) is 0 Å². The lowest BCUT2D eigenvalue weighted by molar-refractivity contribution is -0.121. The highest BCUT2D eigenvalue weighted by atomic mass is 16.5. The largest absolute Gasteiger partial charge is 0.465 e. The van der Waals surface area contributed by atoms with Crippen molar-refractivity contribution < 1.29 is 33.4 Å². The maximum Gasteiger partial charge on any atom is 0.339 e. The highest BCUT2D eigenvalue weighted by molar-refractivity contribution is 6.23. The fraction of sp³-hybridized carbons (Fsp3) is 0.261. The molecule has 0 fully saturated rings. The number of rotatable bonds is 6. The number of imide groups is 1. The number of ether oxygens (including phenoxy) is 2. The second-order valence-corrected chi connectivity index (χ2v) is 7.45. The number of benzene rings is 2. The predicted molar refractivity (Wildman–Crippen MR) is 113 cm³/mol. The Morgan fingerprint density at radius 2 is 1.44 bits per heavy atom. The quantitative estimate of drug-likeness (QED) is 0.544. The van der Waals surface area contributed by atoms with Gasteiger partial charge in [-0.3, -0.25) is 19.3 Å². The smallest absolute Gasteiger partial charge is 0.339 e. The van der Waals surface area contributed by atoms with Gasteiger partial charge in [0, 0.05) is 0 Å². The minimum absolute atomic E-state index is 0.00151. The summed E-state index contributed by atoms with van der Waals surface area (Å²) < 4.78 is 9.43. The van der Waals surface area contributed by atoms with Crippen molar-refractivity contribution in [3.05, 3.63) is 64.7 Å². The number of nitrogens with zero attached hydrogens (tertiary/aromatic N) is 1. The van der Waals surface area contributed by atoms with Crippen molar-refractivity contribution in [3.63, 3.8) is 0 Å². The number of methoxy groups -OCH3 is 2. The molecule has 3 rings (SSSR count). The highest BCUT2D eigenvalue weighted by Gasteiger charge is 2.44. The fourth-order valence-electron chi connectivity index (χ4n) is 3.57. The first-order valence-electron chi connectivity index (χ1n) is 9.79. The van der Waals surface area contributed by atoms with Crippen LogP contribution in [0.1, 0.15) is 55.3 Å². The Hall–Kier alpha value is -4.01. The maximum atomic E-state index is 13.3. The molecule has 1 atom stereocenters. The van der Waals surface area contributed by atoms with Gasteiger partial charge in [0.05, 0.1) is 42.2 Å². The summed E-state index contributed by atoms with van der Waals surface area (Å²) >= 11 is 0. The molecular formula is C23H22N2O7. The summed E-state index contributed by atoms with van der Waals surface area (Å²) in [6.45, 7) is 3.39. The van der Waals surface area contributed by atoms with Crippen LogP contribution in [0.4, 0.5) is 5.69 Å². The normalized spacial score (nSPS) is 13.6. The summed E-state index contributed by atoms with van der Waals surface area (Å²) in [6.07, 6.45) is 0. The molecule has 32 heavy (non-hydrogen) atoms. The van der Waals surface area contributed by atoms with Crippen molar-refractivity contribution in [2.45, 2.75) is 19.9 Å². The SMILES string of the molecule is COC(=O)c1ccc(C(=O)OC)c(NC(=O)C(C(C)C)N2C(=O)c3ccccc3C2=O)c1. The van der Waals surface area contributed by atoms with Crippen molar-refractivity contribution in [1.29, 1.82) is 0 Å². The molecule has 166 valence electrons. The minimum Gasteiger partial charge on any atom is -0.465 e. The summed E-state index contributed by atoms with van der Waals surface area (Å²) in [4.78, 5) is 64.1. The number of hydrogen-bond acceptors (Lipinski definition) is 7. The standard InChI is InChI=1S/C23H22N2O7/c1-12(2)18(25-20(27)14-7-5-6-8-15(14)21(25)28)19(26)24-17-11-13(22(29)31-3)9-10-16(17)23(30)32-4/h5-12,18H,1-4H3,(H,24,26). The van der Waals surface area contributed by atoms with Crippen molar-refractivity contribution in [1.82, 2.24) is 4.90 Å². The molecule has 1 heterocycles. The van der Waals surface area contributed by atoms with Gasteiger partial charge in [0.2, 0.25) is 5.91 Å². The molecule has 0 saturated carbocycles. The van der Waals surface area contributed by atoms with Crippen LogP contribution < -0.4 is 5.32 Å². The molecule has 0 saturated heterocycles. The molecule has 0 spiro atoms. The topological polar surface area (TPSA) is 119 Å². The summed E-state index contributed by atoms with van der Waals surface area (Å²) in [6, 6.07) is 9.13. The van der Waals surface area contributed by atoms with E-state index >= 15 is 0 Å². The lowest BCUT2D eigenvalue weighted by Gasteiger charge is -2.28. The third-order valence-corrected chi connectivity index (χ3v) is 5.11. The first kappa shape index (κ1) is 22.7. The van der Waals surface area contributed by atoms with Crippen LogP contribution in [0, 0.1) is 5.92 Å². The average Bonchev–Trinajstić information content (AvgIpc) is 3.03. The molecule has 9 heteroatoms. The van der Waals surface area contributed by atoms with Crippen LogP contribution in [0.2, 0.25) is 0 Å². The van der Waals surface area contributed by atoms with Crippen molar-refractivity contribution in [2.24, 2.45) is 5.92 Å². The molecule has 0 radical (unpaired) electrons. The number of fused-ring (bicyclic) bond motifs is 1. The van der Waals surface area contributed by atoms with Gasteiger partial charge in [0.1, 0.15) is 6.04 Å². The molecule has 2 aromatic rings. The molecule has 9 nitrogen and oxygen atoms in total. The van der Waals surface area contributed by atoms with Crippen LogP contribution >= 0.6 is 0 Å². The van der Waals surface area contributed by atoms with E-state index in [9.17, 15) is 24.0 Å². The Morgan fingerprint density at radius 1 is 0.875 bits per heavy atom. The van der Waals surface area contributed by atoms with E-state index < -0.39 is 41.6 Å². The van der Waals surface area contributed by atoms with Gasteiger partial charge in [0.25, 0.3) is 11.8 Å². The van der Waals surface area contributed by atoms with Gasteiger partial charge < -0.3 is 14.8 Å². The number of anilines is 1. The average molecular weight is 438 g/mol. The molecular weight excluding hydrogens is 416 g/mol. The first-order valence-corrected chi connectivity index (χ1v) is 9.79. The molecule has 0 aromatic heterocycles. The van der Waals surface area contributed by atoms with Gasteiger partial charge >= 0.3 is 11.9 Å². The van der Waals surface area contributed by atoms with Gasteiger partial charge in [0.15, 0.2) is 0 Å². The summed E-state index contributed by atoms with van der Waals surface area (Å²) in [5.74, 6) is -3.69. The number of esters is 2. The number of hydrogen-bond donors (Lipinski definition) is 1. The zero-order valence-corrected chi connectivity index (χ0v) is 18.0. The van der Waals surface area contributed by atoms with Crippen LogP contribution in [-0.4, -0.2) is 54.8 Å². The molecule has 1 unspecified atom stereocenters. The van der Waals surface area contributed by atoms with Gasteiger partial charge in [-0.25, -0.2) is 9.59 Å². The number of amides is 3. The minimum atomic E-state index is -1.16. The van der Waals surface area contributed by atoms with Gasteiger partial charge in [-0.2, -0.15) is 0 Å². The Balaban J connectivity index is 1.99. The van der Waals surface area contributed by atoms with E-state index in [1.54, 1.807) is 26.0 Å². The van der Waals surface area contributed by atoms with Crippen LogP contribution in [0.15, 0.2) is 42.5 Å². The summed E-state index contributed by atoms with van der Waals surface area (Å²) in [5, 5.41) is 2.58. The van der Waals surface area contributed by atoms with Crippen LogP contribution in [0.25, 0.3) is 0 Å². The van der Waals surface area contributed by atoms with Gasteiger partial charge in [-0.05, 0) is 36.2 Å². The van der Waals surface area contributed by atoms with Crippen LogP contribution in [0.3, 0.4) is 0 Å². The lowest BCUT2D eigenvalue weighted by Crippen LogP contribution is -2.50. The van der Waals surface area contributed by atoms with E-state index in [4.69, 9.17) is 4.74 Å². The maximum absolute atomic E-state index is 13.3. The van der Waals surface area contributed by atoms with Crippen molar-refractivity contribution in [2.75, 3.05) is 19.5 Å². The number of nitrogens with one attached hydrogen (secondary N) is 1. The molecule has 1 N–H and O–H groups in total. The molecule has 0 bridgehead atoms. The second kappa shape index (κ2) is 9.01. The van der Waals surface area contributed by atoms with E-state index in [0.29, 0.717) is 0 Å². The van der Waals surface area contributed by atoms with E-state index in [1.165, 1.54) is 44.6 Å². The van der Waals surface area contributed by atoms with E-state index in [-0.39, 0.29) is 27.9 Å². The highest BCUT2D eigenvalue weighted by Crippen LogP contribution is 2.28. The van der Waals surface area contributed by atoms with Crippen LogP contribution in [0.5, 0.6) is 0 Å². The fourth-order valence-corrected chi connectivity index (χ4v) is 3.57. The monoisotopic (exact) mass is 438 g/mol. The third kappa shape index (κ3) is 3.96. The van der Waals surface area contributed by atoms with E-state index in [0.717, 1.165) is 4.90 Å².